The highest BCUT2D eigenvalue weighted by Crippen LogP contribution is 2.60. The van der Waals surface area contributed by atoms with E-state index in [0.29, 0.717) is 18.3 Å². The van der Waals surface area contributed by atoms with Crippen LogP contribution >= 0.6 is 0 Å². The second-order valence-electron chi connectivity index (χ2n) is 9.09. The molecular formula is C21H31FO3. The Bertz CT molecular complexity index is 586. The van der Waals surface area contributed by atoms with Crippen LogP contribution in [-0.2, 0) is 9.53 Å². The highest BCUT2D eigenvalue weighted by molar-refractivity contribution is 5.66. The number of alkyl halides is 1. The molecule has 0 amide bonds. The number of carbonyl (C=O) groups is 1. The standard InChI is InChI=1S/C21H31FO3/c1-12(23)25-14-4-5-15-13(11-14)3-7-18(22)20-16(15)9-10-21(2)17(20)6-8-19(21)24/h14,16-20,24H,3-11H2,1-2H3/t14-,16-,17-,18+,19+,20-,21-/m1/s1. The third-order valence-corrected chi connectivity index (χ3v) is 7.87. The largest absolute Gasteiger partial charge is 0.462 e. The zero-order chi connectivity index (χ0) is 17.8. The molecule has 0 unspecified atom stereocenters. The summed E-state index contributed by atoms with van der Waals surface area (Å²) in [6.45, 7) is 3.66. The van der Waals surface area contributed by atoms with Crippen molar-refractivity contribution in [3.05, 3.63) is 11.1 Å². The van der Waals surface area contributed by atoms with Gasteiger partial charge in [-0.1, -0.05) is 18.1 Å². The predicted octanol–water partition coefficient (Wildman–Crippen LogP) is 4.33. The molecule has 2 fully saturated rings. The minimum atomic E-state index is -0.766. The Morgan fingerprint density at radius 2 is 2.00 bits per heavy atom. The average Bonchev–Trinajstić information content (AvgIpc) is 2.78. The number of fused-ring (bicyclic) bond motifs is 4. The SMILES string of the molecule is CC(=O)O[C@@H]1CCC2=C(CC[C@H](F)[C@@H]3[C@@H]2CC[C@]2(C)[C@@H]3CC[C@@H]2O)C1. The second kappa shape index (κ2) is 6.37. The summed E-state index contributed by atoms with van der Waals surface area (Å²) in [5.41, 5.74) is 2.76. The third kappa shape index (κ3) is 2.85. The minimum absolute atomic E-state index is 0.0204. The van der Waals surface area contributed by atoms with E-state index in [9.17, 15) is 9.90 Å². The number of hydrogen-bond acceptors (Lipinski definition) is 3. The molecule has 0 spiro atoms. The van der Waals surface area contributed by atoms with E-state index in [0.717, 1.165) is 51.4 Å². The van der Waals surface area contributed by atoms with E-state index in [4.69, 9.17) is 4.74 Å². The summed E-state index contributed by atoms with van der Waals surface area (Å²) in [5.74, 6) is 0.523. The van der Waals surface area contributed by atoms with E-state index in [-0.39, 0.29) is 29.5 Å². The molecule has 1 N–H and O–H groups in total. The Morgan fingerprint density at radius 1 is 1.20 bits per heavy atom. The monoisotopic (exact) mass is 350 g/mol. The number of aliphatic hydroxyl groups is 1. The van der Waals surface area contributed by atoms with Crippen LogP contribution in [0, 0.1) is 23.2 Å². The van der Waals surface area contributed by atoms with Crippen molar-refractivity contribution in [2.24, 2.45) is 23.2 Å². The Morgan fingerprint density at radius 3 is 2.76 bits per heavy atom. The van der Waals surface area contributed by atoms with E-state index >= 15 is 4.39 Å². The number of ether oxygens (including phenoxy) is 1. The van der Waals surface area contributed by atoms with Crippen LogP contribution in [0.1, 0.15) is 71.6 Å². The summed E-state index contributed by atoms with van der Waals surface area (Å²) >= 11 is 0. The summed E-state index contributed by atoms with van der Waals surface area (Å²) in [5, 5.41) is 10.5. The molecule has 2 saturated carbocycles. The number of esters is 1. The van der Waals surface area contributed by atoms with Crippen LogP contribution in [0.3, 0.4) is 0 Å². The van der Waals surface area contributed by atoms with Crippen molar-refractivity contribution in [3.8, 4) is 0 Å². The maximum absolute atomic E-state index is 15.3. The molecule has 4 aliphatic rings. The molecule has 0 aromatic carbocycles. The number of rotatable bonds is 1. The highest BCUT2D eigenvalue weighted by Gasteiger charge is 2.56. The van der Waals surface area contributed by atoms with Crippen LogP contribution in [0.5, 0.6) is 0 Å². The normalized spacial score (nSPS) is 46.7. The molecule has 0 aliphatic heterocycles. The van der Waals surface area contributed by atoms with Gasteiger partial charge in [-0.15, -0.1) is 0 Å². The fourth-order valence-electron chi connectivity index (χ4n) is 6.63. The third-order valence-electron chi connectivity index (χ3n) is 7.87. The molecular weight excluding hydrogens is 319 g/mol. The number of carbonyl (C=O) groups excluding carboxylic acids is 1. The lowest BCUT2D eigenvalue weighted by Gasteiger charge is -2.49. The maximum Gasteiger partial charge on any atom is 0.302 e. The number of aliphatic hydroxyl groups excluding tert-OH is 1. The van der Waals surface area contributed by atoms with Crippen molar-refractivity contribution in [2.75, 3.05) is 0 Å². The van der Waals surface area contributed by atoms with Gasteiger partial charge in [-0.3, -0.25) is 4.79 Å². The predicted molar refractivity (Wildman–Crippen MR) is 93.6 cm³/mol. The molecule has 0 aromatic heterocycles. The van der Waals surface area contributed by atoms with Gasteiger partial charge in [0.25, 0.3) is 0 Å². The molecule has 0 bridgehead atoms. The number of hydrogen-bond donors (Lipinski definition) is 1. The summed E-state index contributed by atoms with van der Waals surface area (Å²) < 4.78 is 20.7. The summed E-state index contributed by atoms with van der Waals surface area (Å²) in [6, 6.07) is 0. The molecule has 0 radical (unpaired) electrons. The molecule has 25 heavy (non-hydrogen) atoms. The van der Waals surface area contributed by atoms with E-state index < -0.39 is 6.17 Å². The summed E-state index contributed by atoms with van der Waals surface area (Å²) in [4.78, 5) is 11.3. The van der Waals surface area contributed by atoms with E-state index in [1.807, 2.05) is 0 Å². The van der Waals surface area contributed by atoms with Crippen LogP contribution in [0.4, 0.5) is 4.39 Å². The van der Waals surface area contributed by atoms with Crippen LogP contribution in [-0.4, -0.2) is 29.5 Å². The van der Waals surface area contributed by atoms with Crippen molar-refractivity contribution in [2.45, 2.75) is 90.0 Å². The molecule has 140 valence electrons. The lowest BCUT2D eigenvalue weighted by molar-refractivity contribution is -0.146. The Labute approximate surface area is 150 Å². The van der Waals surface area contributed by atoms with Crippen molar-refractivity contribution < 1.29 is 19.0 Å². The van der Waals surface area contributed by atoms with Crippen molar-refractivity contribution >= 4 is 5.97 Å². The van der Waals surface area contributed by atoms with E-state index in [1.54, 1.807) is 0 Å². The minimum Gasteiger partial charge on any atom is -0.462 e. The molecule has 0 saturated heterocycles. The fraction of sp³-hybridized carbons (Fsp3) is 0.857. The Kier molecular flexibility index (Phi) is 4.46. The van der Waals surface area contributed by atoms with Gasteiger partial charge < -0.3 is 9.84 Å². The quantitative estimate of drug-likeness (QED) is 0.565. The fourth-order valence-corrected chi connectivity index (χ4v) is 6.63. The topological polar surface area (TPSA) is 46.5 Å². The van der Waals surface area contributed by atoms with Gasteiger partial charge in [-0.2, -0.15) is 0 Å². The molecule has 4 rings (SSSR count). The zero-order valence-corrected chi connectivity index (χ0v) is 15.5. The van der Waals surface area contributed by atoms with Crippen LogP contribution in [0.25, 0.3) is 0 Å². The van der Waals surface area contributed by atoms with Crippen LogP contribution in [0.15, 0.2) is 11.1 Å². The first-order valence-electron chi connectivity index (χ1n) is 10.1. The highest BCUT2D eigenvalue weighted by atomic mass is 19.1. The van der Waals surface area contributed by atoms with Gasteiger partial charge in [0.05, 0.1) is 6.10 Å². The van der Waals surface area contributed by atoms with Crippen molar-refractivity contribution in [1.29, 1.82) is 0 Å². The molecule has 0 heterocycles. The summed E-state index contributed by atoms with van der Waals surface area (Å²) in [7, 11) is 0. The number of halogens is 1. The first kappa shape index (κ1) is 17.5. The Hall–Kier alpha value is -0.900. The van der Waals surface area contributed by atoms with Gasteiger partial charge in [-0.25, -0.2) is 4.39 Å². The van der Waals surface area contributed by atoms with Gasteiger partial charge in [0.2, 0.25) is 0 Å². The van der Waals surface area contributed by atoms with Gasteiger partial charge in [-0.05, 0) is 68.6 Å². The van der Waals surface area contributed by atoms with E-state index in [1.165, 1.54) is 18.1 Å². The lowest BCUT2D eigenvalue weighted by Crippen LogP contribution is -2.46. The first-order valence-corrected chi connectivity index (χ1v) is 10.1. The van der Waals surface area contributed by atoms with Gasteiger partial charge in [0, 0.05) is 19.3 Å². The van der Waals surface area contributed by atoms with Gasteiger partial charge in [0.1, 0.15) is 12.3 Å². The van der Waals surface area contributed by atoms with Crippen LogP contribution < -0.4 is 0 Å². The molecule has 4 aliphatic carbocycles. The van der Waals surface area contributed by atoms with Crippen molar-refractivity contribution in [3.63, 3.8) is 0 Å². The second-order valence-corrected chi connectivity index (χ2v) is 9.09. The Balaban J connectivity index is 1.62. The van der Waals surface area contributed by atoms with Crippen LogP contribution in [0.2, 0.25) is 0 Å². The molecule has 4 heteroatoms. The first-order chi connectivity index (χ1) is 11.9. The van der Waals surface area contributed by atoms with Gasteiger partial charge >= 0.3 is 5.97 Å². The molecule has 3 nitrogen and oxygen atoms in total. The van der Waals surface area contributed by atoms with Crippen molar-refractivity contribution in [1.82, 2.24) is 0 Å². The zero-order valence-electron chi connectivity index (χ0n) is 15.5. The molecule has 7 atom stereocenters. The maximum atomic E-state index is 15.3. The van der Waals surface area contributed by atoms with Gasteiger partial charge in [0.15, 0.2) is 0 Å². The van der Waals surface area contributed by atoms with E-state index in [2.05, 4.69) is 6.92 Å². The number of allylic oxidation sites excluding steroid dienone is 1. The smallest absolute Gasteiger partial charge is 0.302 e. The molecule has 0 aromatic rings. The average molecular weight is 350 g/mol. The summed E-state index contributed by atoms with van der Waals surface area (Å²) in [6.07, 6.45) is 6.81. The lowest BCUT2D eigenvalue weighted by atomic mass is 9.56.